The minimum Gasteiger partial charge on any atom is -0.370 e. The molecule has 3 atom stereocenters. The average Bonchev–Trinajstić information content (AvgIpc) is 3.21. The Morgan fingerprint density at radius 1 is 1.33 bits per heavy atom. The third-order valence-electron chi connectivity index (χ3n) is 5.44. The third kappa shape index (κ3) is 4.47. The van der Waals surface area contributed by atoms with Crippen LogP contribution in [0, 0.1) is 12.8 Å². The third-order valence-corrected chi connectivity index (χ3v) is 5.44. The van der Waals surface area contributed by atoms with Crippen LogP contribution in [0.4, 0.5) is 5.82 Å². The lowest BCUT2D eigenvalue weighted by Crippen LogP contribution is -2.42. The highest BCUT2D eigenvalue weighted by atomic mass is 16.2. The largest absolute Gasteiger partial charge is 0.370 e. The van der Waals surface area contributed by atoms with Crippen molar-refractivity contribution in [1.29, 1.82) is 0 Å². The van der Waals surface area contributed by atoms with Gasteiger partial charge in [-0.2, -0.15) is 0 Å². The topological polar surface area (TPSA) is 57.3 Å². The van der Waals surface area contributed by atoms with Gasteiger partial charge in [0.2, 0.25) is 5.91 Å². The molecule has 1 aliphatic carbocycles. The van der Waals surface area contributed by atoms with Crippen LogP contribution in [0.2, 0.25) is 0 Å². The highest BCUT2D eigenvalue weighted by molar-refractivity contribution is 5.78. The summed E-state index contributed by atoms with van der Waals surface area (Å²) in [6.07, 6.45) is 7.71. The summed E-state index contributed by atoms with van der Waals surface area (Å²) in [4.78, 5) is 18.7. The van der Waals surface area contributed by atoms with E-state index in [4.69, 9.17) is 0 Å². The molecule has 1 aliphatic heterocycles. The van der Waals surface area contributed by atoms with Crippen LogP contribution in [0.1, 0.15) is 44.6 Å². The van der Waals surface area contributed by atoms with Crippen LogP contribution in [0.3, 0.4) is 0 Å². The zero-order valence-electron chi connectivity index (χ0n) is 14.9. The van der Waals surface area contributed by atoms with Crippen molar-refractivity contribution in [2.24, 2.45) is 5.92 Å². The van der Waals surface area contributed by atoms with Crippen LogP contribution in [0.5, 0.6) is 0 Å². The van der Waals surface area contributed by atoms with Crippen molar-refractivity contribution in [1.82, 2.24) is 15.2 Å². The Morgan fingerprint density at radius 2 is 2.21 bits per heavy atom. The van der Waals surface area contributed by atoms with E-state index in [1.807, 2.05) is 24.1 Å². The number of aromatic nitrogens is 1. The Labute approximate surface area is 145 Å². The zero-order chi connectivity index (χ0) is 16.9. The number of nitrogens with one attached hydrogen (secondary N) is 2. The molecule has 2 N–H and O–H groups in total. The summed E-state index contributed by atoms with van der Waals surface area (Å²) in [6, 6.07) is 5.02. The number of anilines is 1. The fourth-order valence-electron chi connectivity index (χ4n) is 3.90. The number of carbonyl (C=O) groups is 1. The molecule has 1 amide bonds. The minimum atomic E-state index is 0.269. The first kappa shape index (κ1) is 17.2. The maximum absolute atomic E-state index is 12.3. The highest BCUT2D eigenvalue weighted by Gasteiger charge is 2.28. The quantitative estimate of drug-likeness (QED) is 0.842. The van der Waals surface area contributed by atoms with Gasteiger partial charge in [0.15, 0.2) is 0 Å². The maximum Gasteiger partial charge on any atom is 0.236 e. The number of rotatable bonds is 6. The molecule has 0 aromatic carbocycles. The predicted molar refractivity (Wildman–Crippen MR) is 97.0 cm³/mol. The van der Waals surface area contributed by atoms with Crippen LogP contribution in [0.25, 0.3) is 0 Å². The monoisotopic (exact) mass is 330 g/mol. The Hall–Kier alpha value is -1.62. The molecule has 0 unspecified atom stereocenters. The molecule has 24 heavy (non-hydrogen) atoms. The summed E-state index contributed by atoms with van der Waals surface area (Å²) in [5.41, 5.74) is 1.18. The minimum absolute atomic E-state index is 0.269. The number of hydrogen-bond donors (Lipinski definition) is 2. The Bertz CT molecular complexity index is 545. The van der Waals surface area contributed by atoms with Crippen LogP contribution >= 0.6 is 0 Å². The van der Waals surface area contributed by atoms with Crippen molar-refractivity contribution >= 4 is 11.7 Å². The molecule has 2 aliphatic rings. The Morgan fingerprint density at radius 3 is 2.92 bits per heavy atom. The molecule has 2 heterocycles. The van der Waals surface area contributed by atoms with E-state index in [0.29, 0.717) is 24.5 Å². The van der Waals surface area contributed by atoms with Crippen molar-refractivity contribution in [2.45, 2.75) is 58.0 Å². The zero-order valence-corrected chi connectivity index (χ0v) is 14.9. The van der Waals surface area contributed by atoms with E-state index in [2.05, 4.69) is 28.6 Å². The van der Waals surface area contributed by atoms with Gasteiger partial charge in [-0.05, 0) is 63.5 Å². The summed E-state index contributed by atoms with van der Waals surface area (Å²) in [6.45, 7) is 6.60. The SMILES string of the molecule is Cc1ccc(NC[C@@H]2CC[C@H](NCC(=O)N3CCC[C@H]3C)C2)nc1. The number of nitrogens with zero attached hydrogens (tertiary/aromatic N) is 2. The summed E-state index contributed by atoms with van der Waals surface area (Å²) in [7, 11) is 0. The van der Waals surface area contributed by atoms with E-state index in [0.717, 1.165) is 44.6 Å². The first-order valence-corrected chi connectivity index (χ1v) is 9.31. The lowest BCUT2D eigenvalue weighted by atomic mass is 10.1. The second kappa shape index (κ2) is 7.97. The number of hydrogen-bond acceptors (Lipinski definition) is 4. The molecule has 3 rings (SSSR count). The van der Waals surface area contributed by atoms with Crippen LogP contribution in [-0.2, 0) is 4.79 Å². The number of aryl methyl sites for hydroxylation is 1. The van der Waals surface area contributed by atoms with Gasteiger partial charge in [-0.1, -0.05) is 6.07 Å². The van der Waals surface area contributed by atoms with E-state index >= 15 is 0 Å². The van der Waals surface area contributed by atoms with Gasteiger partial charge in [-0.15, -0.1) is 0 Å². The summed E-state index contributed by atoms with van der Waals surface area (Å²) >= 11 is 0. The molecule has 2 fully saturated rings. The van der Waals surface area contributed by atoms with E-state index < -0.39 is 0 Å². The van der Waals surface area contributed by atoms with Gasteiger partial charge in [-0.25, -0.2) is 4.98 Å². The normalized spacial score (nSPS) is 26.8. The van der Waals surface area contributed by atoms with Gasteiger partial charge >= 0.3 is 0 Å². The van der Waals surface area contributed by atoms with Gasteiger partial charge in [0.1, 0.15) is 5.82 Å². The van der Waals surface area contributed by atoms with E-state index in [1.54, 1.807) is 0 Å². The van der Waals surface area contributed by atoms with Gasteiger partial charge in [0, 0.05) is 31.4 Å². The number of carbonyl (C=O) groups excluding carboxylic acids is 1. The molecular formula is C19H30N4O. The number of likely N-dealkylation sites (tertiary alicyclic amines) is 1. The van der Waals surface area contributed by atoms with Crippen molar-refractivity contribution < 1.29 is 4.79 Å². The Kier molecular flexibility index (Phi) is 5.72. The fraction of sp³-hybridized carbons (Fsp3) is 0.684. The van der Waals surface area contributed by atoms with E-state index in [9.17, 15) is 4.79 Å². The fourth-order valence-corrected chi connectivity index (χ4v) is 3.90. The molecule has 0 radical (unpaired) electrons. The Balaban J connectivity index is 1.36. The molecule has 132 valence electrons. The lowest BCUT2D eigenvalue weighted by Gasteiger charge is -2.23. The lowest BCUT2D eigenvalue weighted by molar-refractivity contribution is -0.130. The second-order valence-corrected chi connectivity index (χ2v) is 7.44. The maximum atomic E-state index is 12.3. The highest BCUT2D eigenvalue weighted by Crippen LogP contribution is 2.26. The first-order valence-electron chi connectivity index (χ1n) is 9.31. The van der Waals surface area contributed by atoms with Crippen LogP contribution < -0.4 is 10.6 Å². The van der Waals surface area contributed by atoms with Gasteiger partial charge < -0.3 is 15.5 Å². The molecule has 5 nitrogen and oxygen atoms in total. The van der Waals surface area contributed by atoms with Gasteiger partial charge in [0.05, 0.1) is 6.54 Å². The molecule has 0 spiro atoms. The molecular weight excluding hydrogens is 300 g/mol. The molecule has 1 saturated carbocycles. The smallest absolute Gasteiger partial charge is 0.236 e. The van der Waals surface area contributed by atoms with Crippen molar-refractivity contribution in [2.75, 3.05) is 25.0 Å². The standard InChI is InChI=1S/C19H30N4O/c1-14-5-8-18(21-11-14)22-12-16-6-7-17(10-16)20-13-19(24)23-9-3-4-15(23)2/h5,8,11,15-17,20H,3-4,6-7,9-10,12-13H2,1-2H3,(H,21,22)/t15-,16-,17+/m1/s1. The second-order valence-electron chi connectivity index (χ2n) is 7.44. The number of pyridine rings is 1. The van der Waals surface area contributed by atoms with Crippen molar-refractivity contribution in [3.8, 4) is 0 Å². The molecule has 0 bridgehead atoms. The molecule has 1 aromatic heterocycles. The average molecular weight is 330 g/mol. The first-order chi connectivity index (χ1) is 11.6. The van der Waals surface area contributed by atoms with Crippen LogP contribution in [-0.4, -0.2) is 47.5 Å². The predicted octanol–water partition coefficient (Wildman–Crippen LogP) is 2.57. The molecule has 1 aromatic rings. The molecule has 1 saturated heterocycles. The summed E-state index contributed by atoms with van der Waals surface area (Å²) < 4.78 is 0. The van der Waals surface area contributed by atoms with E-state index in [1.165, 1.54) is 12.0 Å². The molecule has 5 heteroatoms. The number of amides is 1. The van der Waals surface area contributed by atoms with Gasteiger partial charge in [0.25, 0.3) is 0 Å². The summed E-state index contributed by atoms with van der Waals surface area (Å²) in [5, 5.41) is 6.92. The van der Waals surface area contributed by atoms with Gasteiger partial charge in [-0.3, -0.25) is 4.79 Å². The van der Waals surface area contributed by atoms with Crippen molar-refractivity contribution in [3.63, 3.8) is 0 Å². The van der Waals surface area contributed by atoms with Crippen LogP contribution in [0.15, 0.2) is 18.3 Å². The summed E-state index contributed by atoms with van der Waals surface area (Å²) in [5.74, 6) is 1.88. The van der Waals surface area contributed by atoms with Crippen molar-refractivity contribution in [3.05, 3.63) is 23.9 Å². The van der Waals surface area contributed by atoms with E-state index in [-0.39, 0.29) is 5.91 Å².